The van der Waals surface area contributed by atoms with Gasteiger partial charge in [-0.25, -0.2) is 4.98 Å². The minimum Gasteiger partial charge on any atom is -0.495 e. The second-order valence-corrected chi connectivity index (χ2v) is 8.49. The molecule has 8 heteroatoms. The molecule has 1 N–H and O–H groups in total. The van der Waals surface area contributed by atoms with Gasteiger partial charge in [0.1, 0.15) is 22.7 Å². The Morgan fingerprint density at radius 3 is 2.74 bits per heavy atom. The highest BCUT2D eigenvalue weighted by Crippen LogP contribution is 2.36. The SMILES string of the molecule is COc1ccccc1NC(=O)CSc1nc(N2CCOCC2)c2c(c1C#N)CCCC2. The number of ether oxygens (including phenoxy) is 2. The number of pyridine rings is 1. The highest BCUT2D eigenvalue weighted by molar-refractivity contribution is 8.00. The van der Waals surface area contributed by atoms with Gasteiger partial charge in [-0.05, 0) is 48.9 Å². The number of aromatic nitrogens is 1. The standard InChI is InChI=1S/C23H26N4O3S/c1-29-20-9-5-4-8-19(20)25-21(28)15-31-23-18(14-24)16-6-2-3-7-17(16)22(26-23)27-10-12-30-13-11-27/h4-5,8-9H,2-3,6-7,10-13,15H2,1H3,(H,25,28). The molecule has 0 bridgehead atoms. The van der Waals surface area contributed by atoms with Gasteiger partial charge in [-0.3, -0.25) is 4.79 Å². The molecule has 1 amide bonds. The maximum atomic E-state index is 12.6. The van der Waals surface area contributed by atoms with Crippen LogP contribution in [0.4, 0.5) is 11.5 Å². The smallest absolute Gasteiger partial charge is 0.234 e. The zero-order valence-electron chi connectivity index (χ0n) is 17.6. The van der Waals surface area contributed by atoms with Crippen LogP contribution < -0.4 is 15.0 Å². The number of amides is 1. The first-order valence-corrected chi connectivity index (χ1v) is 11.5. The number of hydrogen-bond acceptors (Lipinski definition) is 7. The van der Waals surface area contributed by atoms with Crippen LogP contribution in [0.15, 0.2) is 29.3 Å². The fourth-order valence-electron chi connectivity index (χ4n) is 4.10. The van der Waals surface area contributed by atoms with Crippen molar-refractivity contribution in [3.05, 3.63) is 41.0 Å². The first kappa shape index (κ1) is 21.5. The molecule has 1 aromatic heterocycles. The summed E-state index contributed by atoms with van der Waals surface area (Å²) in [5.74, 6) is 1.58. The first-order valence-electron chi connectivity index (χ1n) is 10.6. The molecule has 1 aliphatic heterocycles. The summed E-state index contributed by atoms with van der Waals surface area (Å²) in [7, 11) is 1.57. The Morgan fingerprint density at radius 2 is 2.00 bits per heavy atom. The number of anilines is 2. The molecule has 1 aliphatic carbocycles. The normalized spacial score (nSPS) is 15.7. The molecule has 0 unspecified atom stereocenters. The van der Waals surface area contributed by atoms with E-state index < -0.39 is 0 Å². The molecule has 1 fully saturated rings. The van der Waals surface area contributed by atoms with Gasteiger partial charge < -0.3 is 19.7 Å². The number of carbonyl (C=O) groups is 1. The highest BCUT2D eigenvalue weighted by atomic mass is 32.2. The lowest BCUT2D eigenvalue weighted by Gasteiger charge is -2.32. The number of hydrogen-bond donors (Lipinski definition) is 1. The molecule has 1 saturated heterocycles. The van der Waals surface area contributed by atoms with Crippen molar-refractivity contribution < 1.29 is 14.3 Å². The van der Waals surface area contributed by atoms with E-state index in [1.807, 2.05) is 12.1 Å². The summed E-state index contributed by atoms with van der Waals surface area (Å²) >= 11 is 1.32. The fourth-order valence-corrected chi connectivity index (χ4v) is 4.91. The molecule has 2 aliphatic rings. The summed E-state index contributed by atoms with van der Waals surface area (Å²) in [5.41, 5.74) is 3.57. The Kier molecular flexibility index (Phi) is 6.95. The summed E-state index contributed by atoms with van der Waals surface area (Å²) in [6.07, 6.45) is 4.03. The number of rotatable bonds is 6. The molecule has 1 aromatic carbocycles. The molecule has 2 heterocycles. The number of nitrogens with one attached hydrogen (secondary N) is 1. The predicted molar refractivity (Wildman–Crippen MR) is 121 cm³/mol. The molecule has 7 nitrogen and oxygen atoms in total. The average molecular weight is 439 g/mol. The molecule has 31 heavy (non-hydrogen) atoms. The fraction of sp³-hybridized carbons (Fsp3) is 0.435. The van der Waals surface area contributed by atoms with Crippen LogP contribution in [0.5, 0.6) is 5.75 Å². The molecule has 0 radical (unpaired) electrons. The number of thioether (sulfide) groups is 1. The molecule has 0 saturated carbocycles. The largest absolute Gasteiger partial charge is 0.495 e. The van der Waals surface area contributed by atoms with Crippen molar-refractivity contribution in [3.8, 4) is 11.8 Å². The maximum Gasteiger partial charge on any atom is 0.234 e. The van der Waals surface area contributed by atoms with Crippen molar-refractivity contribution in [3.63, 3.8) is 0 Å². The Morgan fingerprint density at radius 1 is 1.26 bits per heavy atom. The number of benzene rings is 1. The molecule has 4 rings (SSSR count). The van der Waals surface area contributed by atoms with E-state index in [-0.39, 0.29) is 11.7 Å². The van der Waals surface area contributed by atoms with Gasteiger partial charge in [0, 0.05) is 13.1 Å². The number of nitrogens with zero attached hydrogens (tertiary/aromatic N) is 3. The van der Waals surface area contributed by atoms with Gasteiger partial charge in [-0.2, -0.15) is 5.26 Å². The third-order valence-electron chi connectivity index (χ3n) is 5.60. The van der Waals surface area contributed by atoms with Crippen LogP contribution in [0.3, 0.4) is 0 Å². The van der Waals surface area contributed by atoms with E-state index >= 15 is 0 Å². The van der Waals surface area contributed by atoms with Crippen molar-refractivity contribution in [2.24, 2.45) is 0 Å². The minimum absolute atomic E-state index is 0.161. The number of methoxy groups -OCH3 is 1. The molecule has 0 atom stereocenters. The van der Waals surface area contributed by atoms with E-state index in [1.54, 1.807) is 19.2 Å². The van der Waals surface area contributed by atoms with Crippen molar-refractivity contribution >= 4 is 29.2 Å². The van der Waals surface area contributed by atoms with Crippen LogP contribution in [0.25, 0.3) is 0 Å². The second-order valence-electron chi connectivity index (χ2n) is 7.53. The summed E-state index contributed by atoms with van der Waals surface area (Å²) in [6.45, 7) is 2.95. The van der Waals surface area contributed by atoms with E-state index in [0.717, 1.165) is 50.2 Å². The zero-order valence-corrected chi connectivity index (χ0v) is 18.5. The van der Waals surface area contributed by atoms with Crippen LogP contribution in [0.2, 0.25) is 0 Å². The van der Waals surface area contributed by atoms with Gasteiger partial charge in [-0.1, -0.05) is 23.9 Å². The third kappa shape index (κ3) is 4.78. The number of para-hydroxylation sites is 2. The van der Waals surface area contributed by atoms with E-state index in [2.05, 4.69) is 16.3 Å². The van der Waals surface area contributed by atoms with E-state index in [4.69, 9.17) is 14.5 Å². The molecule has 0 spiro atoms. The van der Waals surface area contributed by atoms with Crippen molar-refractivity contribution in [2.75, 3.05) is 49.4 Å². The lowest BCUT2D eigenvalue weighted by atomic mass is 9.89. The van der Waals surface area contributed by atoms with Gasteiger partial charge in [0.25, 0.3) is 0 Å². The molecule has 162 valence electrons. The lowest BCUT2D eigenvalue weighted by molar-refractivity contribution is -0.113. The van der Waals surface area contributed by atoms with E-state index in [0.29, 0.717) is 35.2 Å². The topological polar surface area (TPSA) is 87.5 Å². The molecule has 2 aromatic rings. The van der Waals surface area contributed by atoms with Crippen LogP contribution in [-0.4, -0.2) is 50.1 Å². The zero-order chi connectivity index (χ0) is 21.6. The van der Waals surface area contributed by atoms with Crippen molar-refractivity contribution in [1.29, 1.82) is 5.26 Å². The maximum absolute atomic E-state index is 12.6. The first-order chi connectivity index (χ1) is 15.2. The Labute approximate surface area is 186 Å². The van der Waals surface area contributed by atoms with Gasteiger partial charge >= 0.3 is 0 Å². The van der Waals surface area contributed by atoms with Crippen LogP contribution in [0, 0.1) is 11.3 Å². The summed E-state index contributed by atoms with van der Waals surface area (Å²) in [5, 5.41) is 13.4. The Hall–Kier alpha value is -2.76. The summed E-state index contributed by atoms with van der Waals surface area (Å²) in [6, 6.07) is 9.67. The highest BCUT2D eigenvalue weighted by Gasteiger charge is 2.26. The number of morpholine rings is 1. The number of carbonyl (C=O) groups excluding carboxylic acids is 1. The van der Waals surface area contributed by atoms with Gasteiger partial charge in [0.15, 0.2) is 0 Å². The van der Waals surface area contributed by atoms with E-state index in [9.17, 15) is 10.1 Å². The van der Waals surface area contributed by atoms with Gasteiger partial charge in [0.2, 0.25) is 5.91 Å². The van der Waals surface area contributed by atoms with Crippen LogP contribution >= 0.6 is 11.8 Å². The molecular formula is C23H26N4O3S. The number of nitriles is 1. The summed E-state index contributed by atoms with van der Waals surface area (Å²) < 4.78 is 10.8. The minimum atomic E-state index is -0.161. The average Bonchev–Trinajstić information content (AvgIpc) is 2.83. The Balaban J connectivity index is 1.57. The van der Waals surface area contributed by atoms with Crippen molar-refractivity contribution in [2.45, 2.75) is 30.7 Å². The van der Waals surface area contributed by atoms with E-state index in [1.165, 1.54) is 17.3 Å². The van der Waals surface area contributed by atoms with Crippen LogP contribution in [0.1, 0.15) is 29.5 Å². The summed E-state index contributed by atoms with van der Waals surface area (Å²) in [4.78, 5) is 19.8. The number of fused-ring (bicyclic) bond motifs is 1. The third-order valence-corrected chi connectivity index (χ3v) is 6.58. The van der Waals surface area contributed by atoms with Crippen LogP contribution in [-0.2, 0) is 22.4 Å². The van der Waals surface area contributed by atoms with Crippen molar-refractivity contribution in [1.82, 2.24) is 4.98 Å². The Bertz CT molecular complexity index is 999. The predicted octanol–water partition coefficient (Wildman–Crippen LogP) is 3.41. The molecular weight excluding hydrogens is 412 g/mol. The van der Waals surface area contributed by atoms with Gasteiger partial charge in [0.05, 0.1) is 37.3 Å². The lowest BCUT2D eigenvalue weighted by Crippen LogP contribution is -2.38. The quantitative estimate of drug-likeness (QED) is 0.692. The van der Waals surface area contributed by atoms with Gasteiger partial charge in [-0.15, -0.1) is 0 Å². The monoisotopic (exact) mass is 438 g/mol. The second kappa shape index (κ2) is 10.0.